The third-order valence-corrected chi connectivity index (χ3v) is 4.32. The molecule has 0 aliphatic carbocycles. The van der Waals surface area contributed by atoms with Crippen LogP contribution in [0.4, 0.5) is 13.2 Å². The summed E-state index contributed by atoms with van der Waals surface area (Å²) >= 11 is 0. The fourth-order valence-corrected chi connectivity index (χ4v) is 2.68. The third kappa shape index (κ3) is 4.43. The fourth-order valence-electron chi connectivity index (χ4n) is 2.68. The maximum atomic E-state index is 13.4. The molecule has 0 spiro atoms. The minimum atomic E-state index is -5.06. The maximum absolute atomic E-state index is 13.4. The standard InChI is InChI=1S/C19H17F3N2O5/c20-19(21,22)18(27,13-4-2-1-3-5-13)10-24-17(26)16(25)23-9-12-6-7-14-15(8-12)29-11-28-14/h1-8,27H,9-11H2,(H,23,25)(H,24,26). The van der Waals surface area contributed by atoms with Crippen molar-refractivity contribution in [3.8, 4) is 11.5 Å². The summed E-state index contributed by atoms with van der Waals surface area (Å²) in [6.45, 7) is -1.18. The van der Waals surface area contributed by atoms with Crippen molar-refractivity contribution in [3.05, 3.63) is 59.7 Å². The molecule has 0 bridgehead atoms. The molecular formula is C19H17F3N2O5. The molecule has 10 heteroatoms. The molecule has 2 aromatic carbocycles. The van der Waals surface area contributed by atoms with Gasteiger partial charge >= 0.3 is 18.0 Å². The van der Waals surface area contributed by atoms with Crippen molar-refractivity contribution in [1.29, 1.82) is 0 Å². The molecule has 0 saturated carbocycles. The predicted octanol–water partition coefficient (Wildman–Crippen LogP) is 1.60. The average molecular weight is 410 g/mol. The summed E-state index contributed by atoms with van der Waals surface area (Å²) in [5.74, 6) is -1.41. The highest BCUT2D eigenvalue weighted by atomic mass is 19.4. The monoisotopic (exact) mass is 410 g/mol. The van der Waals surface area contributed by atoms with Crippen LogP contribution in [-0.4, -0.2) is 36.4 Å². The lowest BCUT2D eigenvalue weighted by molar-refractivity contribution is -0.264. The first-order valence-corrected chi connectivity index (χ1v) is 8.50. The molecule has 0 saturated heterocycles. The first-order valence-electron chi connectivity index (χ1n) is 8.50. The summed E-state index contributed by atoms with van der Waals surface area (Å²) in [5.41, 5.74) is -3.18. The smallest absolute Gasteiger partial charge is 0.423 e. The normalized spacial score (nSPS) is 14.8. The minimum absolute atomic E-state index is 0.0505. The number of hydrogen-bond acceptors (Lipinski definition) is 5. The van der Waals surface area contributed by atoms with Crippen LogP contribution in [0.1, 0.15) is 11.1 Å². The van der Waals surface area contributed by atoms with Crippen LogP contribution in [-0.2, 0) is 21.7 Å². The third-order valence-electron chi connectivity index (χ3n) is 4.32. The fraction of sp³-hybridized carbons (Fsp3) is 0.263. The number of carbonyl (C=O) groups excluding carboxylic acids is 2. The quantitative estimate of drug-likeness (QED) is 0.651. The van der Waals surface area contributed by atoms with E-state index in [0.717, 1.165) is 12.1 Å². The van der Waals surface area contributed by atoms with Gasteiger partial charge in [0.1, 0.15) is 0 Å². The summed E-state index contributed by atoms with van der Waals surface area (Å²) < 4.78 is 50.5. The Morgan fingerprint density at radius 3 is 2.31 bits per heavy atom. The van der Waals surface area contributed by atoms with Crippen molar-refractivity contribution in [2.75, 3.05) is 13.3 Å². The molecule has 3 rings (SSSR count). The van der Waals surface area contributed by atoms with Gasteiger partial charge < -0.3 is 25.2 Å². The van der Waals surface area contributed by atoms with Crippen molar-refractivity contribution in [1.82, 2.24) is 10.6 Å². The van der Waals surface area contributed by atoms with E-state index in [4.69, 9.17) is 9.47 Å². The lowest BCUT2D eigenvalue weighted by Gasteiger charge is -2.31. The first kappa shape index (κ1) is 20.5. The molecule has 154 valence electrons. The van der Waals surface area contributed by atoms with Crippen molar-refractivity contribution in [2.45, 2.75) is 18.3 Å². The van der Waals surface area contributed by atoms with Crippen molar-refractivity contribution in [3.63, 3.8) is 0 Å². The molecule has 29 heavy (non-hydrogen) atoms. The number of alkyl halides is 3. The van der Waals surface area contributed by atoms with E-state index in [1.165, 1.54) is 18.2 Å². The number of ether oxygens (including phenoxy) is 2. The first-order chi connectivity index (χ1) is 13.7. The number of amides is 2. The summed E-state index contributed by atoms with van der Waals surface area (Å²) in [7, 11) is 0. The van der Waals surface area contributed by atoms with Crippen LogP contribution in [0.15, 0.2) is 48.5 Å². The van der Waals surface area contributed by atoms with Gasteiger partial charge in [0.15, 0.2) is 11.5 Å². The molecule has 1 aliphatic heterocycles. The van der Waals surface area contributed by atoms with Crippen molar-refractivity contribution in [2.24, 2.45) is 0 Å². The van der Waals surface area contributed by atoms with Gasteiger partial charge in [-0.25, -0.2) is 0 Å². The Hall–Kier alpha value is -3.27. The van der Waals surface area contributed by atoms with Gasteiger partial charge in [-0.2, -0.15) is 13.2 Å². The Morgan fingerprint density at radius 2 is 1.62 bits per heavy atom. The Bertz CT molecular complexity index is 904. The van der Waals surface area contributed by atoms with Gasteiger partial charge in [0, 0.05) is 6.54 Å². The lowest BCUT2D eigenvalue weighted by atomic mass is 9.93. The number of aliphatic hydroxyl groups is 1. The molecule has 2 aromatic rings. The number of fused-ring (bicyclic) bond motifs is 1. The van der Waals surface area contributed by atoms with E-state index >= 15 is 0 Å². The van der Waals surface area contributed by atoms with Gasteiger partial charge in [-0.15, -0.1) is 0 Å². The Morgan fingerprint density at radius 1 is 0.966 bits per heavy atom. The summed E-state index contributed by atoms with van der Waals surface area (Å²) in [5, 5.41) is 14.3. The van der Waals surface area contributed by atoms with E-state index in [1.807, 2.05) is 5.32 Å². The van der Waals surface area contributed by atoms with Crippen LogP contribution in [0.3, 0.4) is 0 Å². The van der Waals surface area contributed by atoms with Gasteiger partial charge in [0.2, 0.25) is 12.4 Å². The van der Waals surface area contributed by atoms with Crippen LogP contribution in [0.2, 0.25) is 0 Å². The molecule has 1 atom stereocenters. The Kier molecular flexibility index (Phi) is 5.64. The van der Waals surface area contributed by atoms with Gasteiger partial charge in [0.05, 0.1) is 6.54 Å². The van der Waals surface area contributed by atoms with E-state index in [1.54, 1.807) is 18.2 Å². The number of carbonyl (C=O) groups is 2. The predicted molar refractivity (Wildman–Crippen MR) is 93.8 cm³/mol. The zero-order valence-electron chi connectivity index (χ0n) is 15.0. The van der Waals surface area contributed by atoms with Crippen molar-refractivity contribution < 1.29 is 37.3 Å². The highest BCUT2D eigenvalue weighted by Crippen LogP contribution is 2.38. The Balaban J connectivity index is 1.59. The average Bonchev–Trinajstić information content (AvgIpc) is 3.17. The molecule has 3 N–H and O–H groups in total. The topological polar surface area (TPSA) is 96.9 Å². The molecule has 0 fully saturated rings. The van der Waals surface area contributed by atoms with Gasteiger partial charge in [-0.1, -0.05) is 36.4 Å². The van der Waals surface area contributed by atoms with Crippen LogP contribution in [0, 0.1) is 0 Å². The molecule has 7 nitrogen and oxygen atoms in total. The number of benzene rings is 2. The molecule has 1 unspecified atom stereocenters. The van der Waals surface area contributed by atoms with Crippen LogP contribution >= 0.6 is 0 Å². The second-order valence-electron chi connectivity index (χ2n) is 6.28. The van der Waals surface area contributed by atoms with E-state index < -0.39 is 35.7 Å². The SMILES string of the molecule is O=C(NCc1ccc2c(c1)OCO2)C(=O)NCC(O)(c1ccccc1)C(F)(F)F. The van der Waals surface area contributed by atoms with Crippen LogP contribution in [0.25, 0.3) is 0 Å². The highest BCUT2D eigenvalue weighted by molar-refractivity contribution is 6.35. The summed E-state index contributed by atoms with van der Waals surface area (Å²) in [6, 6.07) is 11.2. The largest absolute Gasteiger partial charge is 0.454 e. The zero-order chi connectivity index (χ0) is 21.1. The molecule has 1 aliphatic rings. The molecule has 2 amide bonds. The van der Waals surface area contributed by atoms with Crippen molar-refractivity contribution >= 4 is 11.8 Å². The number of rotatable bonds is 5. The van der Waals surface area contributed by atoms with E-state index in [2.05, 4.69) is 5.32 Å². The van der Waals surface area contributed by atoms with Crippen LogP contribution in [0.5, 0.6) is 11.5 Å². The van der Waals surface area contributed by atoms with E-state index in [9.17, 15) is 27.9 Å². The van der Waals surface area contributed by atoms with Gasteiger partial charge in [0.25, 0.3) is 0 Å². The lowest BCUT2D eigenvalue weighted by Crippen LogP contribution is -2.53. The molecule has 1 heterocycles. The van der Waals surface area contributed by atoms with Crippen LogP contribution < -0.4 is 20.1 Å². The second-order valence-corrected chi connectivity index (χ2v) is 6.28. The molecule has 0 aromatic heterocycles. The highest BCUT2D eigenvalue weighted by Gasteiger charge is 2.55. The Labute approximate surface area is 163 Å². The van der Waals surface area contributed by atoms with E-state index in [-0.39, 0.29) is 13.3 Å². The number of halogens is 3. The summed E-state index contributed by atoms with van der Waals surface area (Å²) in [6.07, 6.45) is -5.06. The van der Waals surface area contributed by atoms with Gasteiger partial charge in [-0.05, 0) is 23.3 Å². The molecular weight excluding hydrogens is 393 g/mol. The van der Waals surface area contributed by atoms with E-state index in [0.29, 0.717) is 17.1 Å². The number of nitrogens with one attached hydrogen (secondary N) is 2. The summed E-state index contributed by atoms with van der Waals surface area (Å²) in [4.78, 5) is 23.8. The molecule has 0 radical (unpaired) electrons. The zero-order valence-corrected chi connectivity index (χ0v) is 15.0. The van der Waals surface area contributed by atoms with Gasteiger partial charge in [-0.3, -0.25) is 9.59 Å². The minimum Gasteiger partial charge on any atom is -0.454 e. The maximum Gasteiger partial charge on any atom is 0.423 e. The number of hydrogen-bond donors (Lipinski definition) is 3. The second kappa shape index (κ2) is 8.00.